The van der Waals surface area contributed by atoms with E-state index in [4.69, 9.17) is 9.47 Å². The maximum Gasteiger partial charge on any atom is 0.234 e. The highest BCUT2D eigenvalue weighted by molar-refractivity contribution is 5.78. The van der Waals surface area contributed by atoms with Crippen molar-refractivity contribution >= 4 is 11.6 Å². The summed E-state index contributed by atoms with van der Waals surface area (Å²) in [6, 6.07) is 8.11. The molecule has 1 aliphatic carbocycles. The highest BCUT2D eigenvalue weighted by atomic mass is 16.5. The van der Waals surface area contributed by atoms with Gasteiger partial charge in [0.25, 0.3) is 0 Å². The standard InChI is InChI=1S/C22H35N3O3/c1-27-21-11-6-5-10-20(21)25-15-13-24(14-16-25)18-22(26)23-12-7-17-28-19-8-3-2-4-9-19/h5-6,10-11,19H,2-4,7-9,12-18H2,1H3,(H,23,26). The van der Waals surface area contributed by atoms with Crippen LogP contribution < -0.4 is 15.0 Å². The van der Waals surface area contributed by atoms with Gasteiger partial charge in [0.1, 0.15) is 5.75 Å². The zero-order valence-electron chi connectivity index (χ0n) is 17.2. The molecule has 1 saturated carbocycles. The third kappa shape index (κ3) is 6.38. The highest BCUT2D eigenvalue weighted by Crippen LogP contribution is 2.28. The number of amides is 1. The van der Waals surface area contributed by atoms with Gasteiger partial charge in [0.05, 0.1) is 25.4 Å². The quantitative estimate of drug-likeness (QED) is 0.658. The normalized spacial score (nSPS) is 18.8. The number of ether oxygens (including phenoxy) is 2. The summed E-state index contributed by atoms with van der Waals surface area (Å²) in [7, 11) is 1.71. The molecule has 0 bridgehead atoms. The fraction of sp³-hybridized carbons (Fsp3) is 0.682. The summed E-state index contributed by atoms with van der Waals surface area (Å²) >= 11 is 0. The van der Waals surface area contributed by atoms with Crippen molar-refractivity contribution in [1.29, 1.82) is 0 Å². The van der Waals surface area contributed by atoms with Crippen molar-refractivity contribution in [3.63, 3.8) is 0 Å². The van der Waals surface area contributed by atoms with Gasteiger partial charge in [0, 0.05) is 39.3 Å². The molecular weight excluding hydrogens is 354 g/mol. The third-order valence-electron chi connectivity index (χ3n) is 5.71. The molecule has 1 N–H and O–H groups in total. The van der Waals surface area contributed by atoms with E-state index >= 15 is 0 Å². The molecule has 1 amide bonds. The van der Waals surface area contributed by atoms with E-state index in [1.54, 1.807) is 7.11 Å². The zero-order chi connectivity index (χ0) is 19.6. The number of nitrogens with one attached hydrogen (secondary N) is 1. The van der Waals surface area contributed by atoms with E-state index in [-0.39, 0.29) is 5.91 Å². The van der Waals surface area contributed by atoms with E-state index in [0.717, 1.165) is 50.6 Å². The Morgan fingerprint density at radius 2 is 1.86 bits per heavy atom. The lowest BCUT2D eigenvalue weighted by Gasteiger charge is -2.36. The fourth-order valence-electron chi connectivity index (χ4n) is 4.08. The lowest BCUT2D eigenvalue weighted by Crippen LogP contribution is -2.49. The molecule has 0 aromatic heterocycles. The van der Waals surface area contributed by atoms with Crippen LogP contribution in [0.2, 0.25) is 0 Å². The molecule has 2 aliphatic rings. The molecular formula is C22H35N3O3. The van der Waals surface area contributed by atoms with E-state index in [9.17, 15) is 4.79 Å². The molecule has 2 fully saturated rings. The number of anilines is 1. The first kappa shape index (κ1) is 20.9. The second kappa shape index (κ2) is 11.3. The Morgan fingerprint density at radius 3 is 2.61 bits per heavy atom. The van der Waals surface area contributed by atoms with Gasteiger partial charge in [-0.05, 0) is 31.4 Å². The second-order valence-corrected chi connectivity index (χ2v) is 7.77. The van der Waals surface area contributed by atoms with Crippen molar-refractivity contribution in [2.45, 2.75) is 44.6 Å². The van der Waals surface area contributed by atoms with Gasteiger partial charge < -0.3 is 19.7 Å². The van der Waals surface area contributed by atoms with E-state index in [1.165, 1.54) is 32.1 Å². The maximum atomic E-state index is 12.2. The lowest BCUT2D eigenvalue weighted by atomic mass is 9.98. The van der Waals surface area contributed by atoms with Crippen LogP contribution in [0.15, 0.2) is 24.3 Å². The summed E-state index contributed by atoms with van der Waals surface area (Å²) in [6.07, 6.45) is 7.69. The van der Waals surface area contributed by atoms with Crippen LogP contribution in [0.5, 0.6) is 5.75 Å². The van der Waals surface area contributed by atoms with E-state index < -0.39 is 0 Å². The molecule has 3 rings (SSSR count). The monoisotopic (exact) mass is 389 g/mol. The number of carbonyl (C=O) groups excluding carboxylic acids is 1. The summed E-state index contributed by atoms with van der Waals surface area (Å²) < 4.78 is 11.4. The summed E-state index contributed by atoms with van der Waals surface area (Å²) in [5.41, 5.74) is 1.13. The molecule has 1 aliphatic heterocycles. The number of rotatable bonds is 9. The van der Waals surface area contributed by atoms with Gasteiger partial charge in [-0.2, -0.15) is 0 Å². The number of carbonyl (C=O) groups is 1. The third-order valence-corrected chi connectivity index (χ3v) is 5.71. The van der Waals surface area contributed by atoms with Gasteiger partial charge >= 0.3 is 0 Å². The Bertz CT molecular complexity index is 596. The van der Waals surface area contributed by atoms with Crippen molar-refractivity contribution in [1.82, 2.24) is 10.2 Å². The predicted molar refractivity (Wildman–Crippen MR) is 112 cm³/mol. The molecule has 1 heterocycles. The van der Waals surface area contributed by atoms with Gasteiger partial charge in [-0.25, -0.2) is 0 Å². The molecule has 6 heteroatoms. The van der Waals surface area contributed by atoms with E-state index in [1.807, 2.05) is 18.2 Å². The summed E-state index contributed by atoms with van der Waals surface area (Å²) in [5, 5.41) is 3.03. The van der Waals surface area contributed by atoms with Crippen LogP contribution in [0.4, 0.5) is 5.69 Å². The lowest BCUT2D eigenvalue weighted by molar-refractivity contribution is -0.122. The van der Waals surface area contributed by atoms with Crippen LogP contribution in [0.1, 0.15) is 38.5 Å². The Labute approximate surface area is 169 Å². The number of piperazine rings is 1. The van der Waals surface area contributed by atoms with E-state index in [2.05, 4.69) is 21.2 Å². The minimum atomic E-state index is 0.114. The minimum Gasteiger partial charge on any atom is -0.495 e. The topological polar surface area (TPSA) is 54.0 Å². The van der Waals surface area contributed by atoms with Crippen LogP contribution in [-0.2, 0) is 9.53 Å². The van der Waals surface area contributed by atoms with Crippen molar-refractivity contribution in [2.24, 2.45) is 0 Å². The van der Waals surface area contributed by atoms with Gasteiger partial charge in [0.15, 0.2) is 0 Å². The summed E-state index contributed by atoms with van der Waals surface area (Å²) in [6.45, 7) is 5.51. The minimum absolute atomic E-state index is 0.114. The van der Waals surface area contributed by atoms with Crippen molar-refractivity contribution in [3.05, 3.63) is 24.3 Å². The highest BCUT2D eigenvalue weighted by Gasteiger charge is 2.21. The van der Waals surface area contributed by atoms with Crippen LogP contribution >= 0.6 is 0 Å². The largest absolute Gasteiger partial charge is 0.495 e. The Kier molecular flexibility index (Phi) is 8.42. The molecule has 6 nitrogen and oxygen atoms in total. The number of benzene rings is 1. The summed E-state index contributed by atoms with van der Waals surface area (Å²) in [4.78, 5) is 16.8. The molecule has 1 saturated heterocycles. The Morgan fingerprint density at radius 1 is 1.11 bits per heavy atom. The Balaban J connectivity index is 1.28. The number of methoxy groups -OCH3 is 1. The zero-order valence-corrected chi connectivity index (χ0v) is 17.2. The maximum absolute atomic E-state index is 12.2. The van der Waals surface area contributed by atoms with Crippen LogP contribution in [0.3, 0.4) is 0 Å². The molecule has 1 aromatic rings. The van der Waals surface area contributed by atoms with E-state index in [0.29, 0.717) is 19.2 Å². The average molecular weight is 390 g/mol. The number of nitrogens with zero attached hydrogens (tertiary/aromatic N) is 2. The summed E-state index contributed by atoms with van der Waals surface area (Å²) in [5.74, 6) is 1.02. The van der Waals surface area contributed by atoms with Gasteiger partial charge in [-0.15, -0.1) is 0 Å². The molecule has 1 aromatic carbocycles. The molecule has 156 valence electrons. The van der Waals surface area contributed by atoms with Crippen LogP contribution in [-0.4, -0.2) is 69.9 Å². The molecule has 0 atom stereocenters. The second-order valence-electron chi connectivity index (χ2n) is 7.77. The van der Waals surface area contributed by atoms with Crippen molar-refractivity contribution in [2.75, 3.05) is 57.9 Å². The van der Waals surface area contributed by atoms with Crippen molar-refractivity contribution < 1.29 is 14.3 Å². The predicted octanol–water partition coefficient (Wildman–Crippen LogP) is 2.67. The first-order valence-corrected chi connectivity index (χ1v) is 10.7. The number of para-hydroxylation sites is 2. The first-order valence-electron chi connectivity index (χ1n) is 10.7. The van der Waals surface area contributed by atoms with Crippen LogP contribution in [0, 0.1) is 0 Å². The number of hydrogen-bond donors (Lipinski definition) is 1. The van der Waals surface area contributed by atoms with Crippen LogP contribution in [0.25, 0.3) is 0 Å². The molecule has 0 radical (unpaired) electrons. The van der Waals surface area contributed by atoms with Gasteiger partial charge in [-0.1, -0.05) is 31.4 Å². The first-order chi connectivity index (χ1) is 13.8. The molecule has 0 unspecified atom stereocenters. The SMILES string of the molecule is COc1ccccc1N1CCN(CC(=O)NCCCOC2CCCCC2)CC1. The van der Waals surface area contributed by atoms with Crippen molar-refractivity contribution in [3.8, 4) is 5.75 Å². The average Bonchev–Trinajstić information content (AvgIpc) is 2.75. The van der Waals surface area contributed by atoms with Gasteiger partial charge in [0.2, 0.25) is 5.91 Å². The Hall–Kier alpha value is -1.79. The smallest absolute Gasteiger partial charge is 0.234 e. The molecule has 0 spiro atoms. The molecule has 28 heavy (non-hydrogen) atoms. The number of hydrogen-bond acceptors (Lipinski definition) is 5. The fourth-order valence-corrected chi connectivity index (χ4v) is 4.08. The van der Waals surface area contributed by atoms with Gasteiger partial charge in [-0.3, -0.25) is 9.69 Å².